The zero-order valence-electron chi connectivity index (χ0n) is 17.4. The zero-order valence-corrected chi connectivity index (χ0v) is 19.6. The van der Waals surface area contributed by atoms with Crippen LogP contribution in [-0.2, 0) is 22.7 Å². The number of benzene rings is 2. The summed E-state index contributed by atoms with van der Waals surface area (Å²) in [6.45, 7) is 0.106. The highest BCUT2D eigenvalue weighted by molar-refractivity contribution is 14.1. The van der Waals surface area contributed by atoms with E-state index in [1.165, 1.54) is 24.5 Å². The molecule has 1 aliphatic rings. The molecule has 172 valence electrons. The number of carbonyl (C=O) groups is 3. The van der Waals surface area contributed by atoms with Gasteiger partial charge in [-0.25, -0.2) is 4.79 Å². The van der Waals surface area contributed by atoms with Gasteiger partial charge >= 0.3 is 6.03 Å². The average Bonchev–Trinajstić information content (AvgIpc) is 3.32. The van der Waals surface area contributed by atoms with Crippen molar-refractivity contribution < 1.29 is 28.5 Å². The number of non-ortho nitro benzene ring substituents is 1. The van der Waals surface area contributed by atoms with E-state index in [-0.39, 0.29) is 24.4 Å². The molecule has 0 saturated carbocycles. The van der Waals surface area contributed by atoms with Crippen LogP contribution in [0.1, 0.15) is 16.9 Å². The van der Waals surface area contributed by atoms with Gasteiger partial charge in [0.25, 0.3) is 17.5 Å². The highest BCUT2D eigenvalue weighted by Crippen LogP contribution is 2.25. The Morgan fingerprint density at radius 2 is 1.88 bits per heavy atom. The molecule has 1 aliphatic heterocycles. The molecule has 4 amide bonds. The number of nitro benzene ring substituents is 1. The molecule has 0 atom stereocenters. The summed E-state index contributed by atoms with van der Waals surface area (Å²) >= 11 is 2.06. The van der Waals surface area contributed by atoms with E-state index in [1.54, 1.807) is 42.5 Å². The second kappa shape index (κ2) is 9.87. The van der Waals surface area contributed by atoms with E-state index < -0.39 is 22.8 Å². The Hall–Kier alpha value is -4.00. The summed E-state index contributed by atoms with van der Waals surface area (Å²) < 4.78 is 11.7. The van der Waals surface area contributed by atoms with Crippen LogP contribution in [0.3, 0.4) is 0 Å². The summed E-state index contributed by atoms with van der Waals surface area (Å²) in [5.74, 6) is -0.533. The summed E-state index contributed by atoms with van der Waals surface area (Å²) in [6, 6.07) is 13.6. The Kier molecular flexibility index (Phi) is 6.72. The lowest BCUT2D eigenvalue weighted by Crippen LogP contribution is -2.53. The van der Waals surface area contributed by atoms with Crippen molar-refractivity contribution in [1.29, 1.82) is 0 Å². The molecule has 3 aromatic rings. The summed E-state index contributed by atoms with van der Waals surface area (Å²) in [6.07, 6.45) is 2.83. The number of ether oxygens (including phenoxy) is 1. The van der Waals surface area contributed by atoms with Crippen molar-refractivity contribution in [3.8, 4) is 5.75 Å². The van der Waals surface area contributed by atoms with Crippen molar-refractivity contribution in [2.75, 3.05) is 0 Å². The van der Waals surface area contributed by atoms with Crippen molar-refractivity contribution in [3.63, 3.8) is 0 Å². The van der Waals surface area contributed by atoms with Crippen LogP contribution in [0.25, 0.3) is 6.08 Å². The van der Waals surface area contributed by atoms with Gasteiger partial charge in [0.2, 0.25) is 0 Å². The maximum Gasteiger partial charge on any atom is 0.331 e. The molecule has 0 radical (unpaired) electrons. The number of halogens is 1. The topological polar surface area (TPSA) is 132 Å². The fourth-order valence-electron chi connectivity index (χ4n) is 3.16. The first-order valence-corrected chi connectivity index (χ1v) is 11.0. The number of amides is 4. The number of barbiturate groups is 1. The molecule has 0 bridgehead atoms. The van der Waals surface area contributed by atoms with Crippen LogP contribution in [0.5, 0.6) is 5.75 Å². The minimum atomic E-state index is -0.812. The van der Waals surface area contributed by atoms with Crippen LogP contribution in [0, 0.1) is 13.7 Å². The molecule has 10 nitrogen and oxygen atoms in total. The highest BCUT2D eigenvalue weighted by Gasteiger charge is 2.36. The Morgan fingerprint density at radius 1 is 1.12 bits per heavy atom. The highest BCUT2D eigenvalue weighted by atomic mass is 127. The molecule has 0 aliphatic carbocycles. The number of nitrogens with one attached hydrogen (secondary N) is 1. The molecule has 1 aromatic heterocycles. The van der Waals surface area contributed by atoms with Crippen molar-refractivity contribution >= 4 is 52.2 Å². The van der Waals surface area contributed by atoms with Crippen LogP contribution >= 0.6 is 22.6 Å². The summed E-state index contributed by atoms with van der Waals surface area (Å²) in [7, 11) is 0. The number of furan rings is 1. The average molecular weight is 573 g/mol. The maximum absolute atomic E-state index is 12.8. The van der Waals surface area contributed by atoms with E-state index >= 15 is 0 Å². The predicted octanol–water partition coefficient (Wildman–Crippen LogP) is 4.03. The third-order valence-corrected chi connectivity index (χ3v) is 5.73. The minimum absolute atomic E-state index is 0.00134. The zero-order chi connectivity index (χ0) is 24.2. The molecule has 0 unspecified atom stereocenters. The van der Waals surface area contributed by atoms with Gasteiger partial charge in [-0.15, -0.1) is 0 Å². The van der Waals surface area contributed by atoms with Crippen molar-refractivity contribution in [2.45, 2.75) is 13.2 Å². The molecule has 0 spiro atoms. The van der Waals surface area contributed by atoms with Crippen LogP contribution in [0.2, 0.25) is 0 Å². The van der Waals surface area contributed by atoms with Gasteiger partial charge in [-0.05, 0) is 76.2 Å². The van der Waals surface area contributed by atoms with E-state index in [1.807, 2.05) is 0 Å². The lowest BCUT2D eigenvalue weighted by Gasteiger charge is -2.25. The molecule has 1 N–H and O–H groups in total. The molecular weight excluding hydrogens is 557 g/mol. The molecule has 11 heteroatoms. The van der Waals surface area contributed by atoms with Crippen LogP contribution in [0.4, 0.5) is 10.5 Å². The number of carbonyl (C=O) groups excluding carboxylic acids is 3. The van der Waals surface area contributed by atoms with E-state index in [0.717, 1.165) is 14.0 Å². The van der Waals surface area contributed by atoms with Gasteiger partial charge in [-0.2, -0.15) is 0 Å². The quantitative estimate of drug-likeness (QED) is 0.148. The van der Waals surface area contributed by atoms with Gasteiger partial charge in [0, 0.05) is 12.1 Å². The van der Waals surface area contributed by atoms with E-state index in [4.69, 9.17) is 9.15 Å². The molecule has 1 fully saturated rings. The third kappa shape index (κ3) is 5.14. The smallest absolute Gasteiger partial charge is 0.331 e. The number of hydrogen-bond donors (Lipinski definition) is 1. The van der Waals surface area contributed by atoms with Gasteiger partial charge in [-0.3, -0.25) is 29.9 Å². The number of urea groups is 1. The summed E-state index contributed by atoms with van der Waals surface area (Å²) in [5, 5.41) is 12.9. The molecule has 4 rings (SSSR count). The van der Waals surface area contributed by atoms with Crippen molar-refractivity contribution in [2.24, 2.45) is 0 Å². The maximum atomic E-state index is 12.8. The van der Waals surface area contributed by atoms with Crippen LogP contribution < -0.4 is 10.1 Å². The SMILES string of the molecule is O=C1NC(=O)N(Cc2ccco2)C(=O)/C1=C/c1ccc(OCc2ccc([N+](=O)[O-])cc2)c(I)c1. The van der Waals surface area contributed by atoms with Crippen LogP contribution in [0.15, 0.2) is 70.9 Å². The van der Waals surface area contributed by atoms with Crippen molar-refractivity contribution in [1.82, 2.24) is 10.2 Å². The Labute approximate surface area is 206 Å². The molecule has 1 saturated heterocycles. The van der Waals surface area contributed by atoms with Crippen LogP contribution in [-0.4, -0.2) is 27.7 Å². The Morgan fingerprint density at radius 3 is 2.53 bits per heavy atom. The van der Waals surface area contributed by atoms with Gasteiger partial charge in [0.15, 0.2) is 0 Å². The first kappa shape index (κ1) is 23.2. The van der Waals surface area contributed by atoms with Gasteiger partial charge in [-0.1, -0.05) is 6.07 Å². The fraction of sp³-hybridized carbons (Fsp3) is 0.0870. The number of nitro groups is 1. The largest absolute Gasteiger partial charge is 0.488 e. The third-order valence-electron chi connectivity index (χ3n) is 4.89. The number of rotatable bonds is 7. The second-order valence-electron chi connectivity index (χ2n) is 7.19. The Balaban J connectivity index is 1.48. The summed E-state index contributed by atoms with van der Waals surface area (Å²) in [5.41, 5.74) is 1.15. The number of hydrogen-bond acceptors (Lipinski definition) is 7. The number of nitrogens with zero attached hydrogens (tertiary/aromatic N) is 2. The standard InChI is InChI=1S/C23H16IN3O7/c24-19-11-15(5-8-20(19)34-13-14-3-6-16(7-4-14)27(31)32)10-18-21(28)25-23(30)26(22(18)29)12-17-2-1-9-33-17/h1-11H,12-13H2,(H,25,28,30)/b18-10+. The molecule has 2 aromatic carbocycles. The van der Waals surface area contributed by atoms with Gasteiger partial charge < -0.3 is 9.15 Å². The molecule has 2 heterocycles. The lowest BCUT2D eigenvalue weighted by molar-refractivity contribution is -0.384. The first-order valence-electron chi connectivity index (χ1n) is 9.89. The second-order valence-corrected chi connectivity index (χ2v) is 8.35. The first-order chi connectivity index (χ1) is 16.3. The van der Waals surface area contributed by atoms with Gasteiger partial charge in [0.05, 0.1) is 21.3 Å². The minimum Gasteiger partial charge on any atom is -0.488 e. The van der Waals surface area contributed by atoms with E-state index in [0.29, 0.717) is 17.1 Å². The van der Waals surface area contributed by atoms with E-state index in [9.17, 15) is 24.5 Å². The lowest BCUT2D eigenvalue weighted by atomic mass is 10.1. The van der Waals surface area contributed by atoms with Gasteiger partial charge in [0.1, 0.15) is 23.7 Å². The normalized spacial score (nSPS) is 14.9. The van der Waals surface area contributed by atoms with Crippen molar-refractivity contribution in [3.05, 3.63) is 97.0 Å². The monoisotopic (exact) mass is 573 g/mol. The molecular formula is C23H16IN3O7. The number of imide groups is 2. The Bertz CT molecular complexity index is 1300. The summed E-state index contributed by atoms with van der Waals surface area (Å²) in [4.78, 5) is 48.4. The fourth-order valence-corrected chi connectivity index (χ4v) is 3.86. The van der Waals surface area contributed by atoms with E-state index in [2.05, 4.69) is 27.9 Å². The molecule has 34 heavy (non-hydrogen) atoms. The predicted molar refractivity (Wildman–Crippen MR) is 127 cm³/mol.